The van der Waals surface area contributed by atoms with Gasteiger partial charge in [0.25, 0.3) is 0 Å². The van der Waals surface area contributed by atoms with Crippen molar-refractivity contribution in [2.75, 3.05) is 25.6 Å². The second-order valence-corrected chi connectivity index (χ2v) is 8.63. The summed E-state index contributed by atoms with van der Waals surface area (Å²) in [6, 6.07) is 0.651. The van der Waals surface area contributed by atoms with Gasteiger partial charge in [0, 0.05) is 24.9 Å². The molecule has 2 atom stereocenters. The fourth-order valence-electron chi connectivity index (χ4n) is 2.93. The van der Waals surface area contributed by atoms with Crippen molar-refractivity contribution in [3.8, 4) is 0 Å². The molecule has 6 nitrogen and oxygen atoms in total. The number of rotatable bonds is 7. The molecule has 0 aliphatic heterocycles. The molecular formula is C13H25N3O3S. The fraction of sp³-hybridized carbons (Fsp3) is 0.923. The Morgan fingerprint density at radius 3 is 2.55 bits per heavy atom. The molecule has 0 aromatic rings. The van der Waals surface area contributed by atoms with Crippen LogP contribution >= 0.6 is 0 Å². The third kappa shape index (κ3) is 3.93. The van der Waals surface area contributed by atoms with Gasteiger partial charge in [0.2, 0.25) is 5.91 Å². The summed E-state index contributed by atoms with van der Waals surface area (Å²) < 4.78 is 22.5. The number of sulfone groups is 1. The molecule has 2 rings (SSSR count). The molecule has 0 aromatic heterocycles. The van der Waals surface area contributed by atoms with Gasteiger partial charge >= 0.3 is 0 Å². The standard InChI is InChI=1S/C13H25N3O3S/c1-16(7-8-20(2,18)19)11-5-6-13(9-11,12(14)17)15-10-3-4-10/h10-11,15H,3-9H2,1-2H3,(H2,14,17). The lowest BCUT2D eigenvalue weighted by molar-refractivity contribution is -0.124. The molecule has 2 aliphatic rings. The van der Waals surface area contributed by atoms with Gasteiger partial charge in [0.05, 0.1) is 11.3 Å². The summed E-state index contributed by atoms with van der Waals surface area (Å²) in [5.74, 6) is -0.122. The van der Waals surface area contributed by atoms with Gasteiger partial charge in [-0.15, -0.1) is 0 Å². The number of carbonyl (C=O) groups is 1. The first-order chi connectivity index (χ1) is 9.22. The van der Waals surface area contributed by atoms with E-state index >= 15 is 0 Å². The van der Waals surface area contributed by atoms with Crippen molar-refractivity contribution < 1.29 is 13.2 Å². The predicted octanol–water partition coefficient (Wildman–Crippen LogP) is -0.509. The largest absolute Gasteiger partial charge is 0.368 e. The molecule has 0 bridgehead atoms. The van der Waals surface area contributed by atoms with Gasteiger partial charge in [-0.25, -0.2) is 8.42 Å². The third-order valence-corrected chi connectivity index (χ3v) is 5.38. The first-order valence-corrected chi connectivity index (χ1v) is 9.23. The minimum absolute atomic E-state index is 0.152. The predicted molar refractivity (Wildman–Crippen MR) is 78.1 cm³/mol. The number of nitrogens with one attached hydrogen (secondary N) is 1. The summed E-state index contributed by atoms with van der Waals surface area (Å²) in [6.07, 6.45) is 5.78. The van der Waals surface area contributed by atoms with E-state index in [1.165, 1.54) is 6.26 Å². The van der Waals surface area contributed by atoms with Crippen molar-refractivity contribution in [2.45, 2.75) is 49.7 Å². The summed E-state index contributed by atoms with van der Waals surface area (Å²) in [5, 5.41) is 3.40. The maximum absolute atomic E-state index is 11.8. The molecule has 20 heavy (non-hydrogen) atoms. The Bertz CT molecular complexity index is 475. The van der Waals surface area contributed by atoms with Gasteiger partial charge in [0.15, 0.2) is 0 Å². The van der Waals surface area contributed by atoms with Crippen LogP contribution in [0.1, 0.15) is 32.1 Å². The van der Waals surface area contributed by atoms with Crippen molar-refractivity contribution in [1.29, 1.82) is 0 Å². The van der Waals surface area contributed by atoms with Crippen LogP contribution in [0.15, 0.2) is 0 Å². The van der Waals surface area contributed by atoms with Crippen LogP contribution in [0.2, 0.25) is 0 Å². The minimum atomic E-state index is -2.95. The van der Waals surface area contributed by atoms with E-state index in [0.29, 0.717) is 19.0 Å². The molecule has 2 aliphatic carbocycles. The summed E-state index contributed by atoms with van der Waals surface area (Å²) in [4.78, 5) is 13.9. The molecule has 7 heteroatoms. The lowest BCUT2D eigenvalue weighted by atomic mass is 9.96. The van der Waals surface area contributed by atoms with Crippen molar-refractivity contribution in [2.24, 2.45) is 5.73 Å². The molecule has 2 saturated carbocycles. The zero-order valence-electron chi connectivity index (χ0n) is 12.3. The molecular weight excluding hydrogens is 278 g/mol. The first-order valence-electron chi connectivity index (χ1n) is 7.17. The number of primary amides is 1. The first kappa shape index (κ1) is 15.7. The average molecular weight is 303 g/mol. The lowest BCUT2D eigenvalue weighted by Crippen LogP contribution is -2.55. The van der Waals surface area contributed by atoms with E-state index in [1.807, 2.05) is 11.9 Å². The molecule has 0 saturated heterocycles. The zero-order valence-corrected chi connectivity index (χ0v) is 13.1. The number of amides is 1. The minimum Gasteiger partial charge on any atom is -0.368 e. The third-order valence-electron chi connectivity index (χ3n) is 4.46. The molecule has 2 fully saturated rings. The Morgan fingerprint density at radius 1 is 1.40 bits per heavy atom. The van der Waals surface area contributed by atoms with Crippen LogP contribution in [0.4, 0.5) is 0 Å². The topological polar surface area (TPSA) is 92.5 Å². The van der Waals surface area contributed by atoms with Crippen LogP contribution < -0.4 is 11.1 Å². The molecule has 0 aromatic carbocycles. The zero-order chi connectivity index (χ0) is 15.0. The SMILES string of the molecule is CN(CCS(C)(=O)=O)C1CCC(NC2CC2)(C(N)=O)C1. The summed E-state index contributed by atoms with van der Waals surface area (Å²) in [5.41, 5.74) is 5.01. The fourth-order valence-corrected chi connectivity index (χ4v) is 3.55. The maximum Gasteiger partial charge on any atom is 0.237 e. The van der Waals surface area contributed by atoms with Crippen LogP contribution in [0.3, 0.4) is 0 Å². The van der Waals surface area contributed by atoms with Crippen molar-refractivity contribution in [3.63, 3.8) is 0 Å². The average Bonchev–Trinajstić information content (AvgIpc) is 3.02. The van der Waals surface area contributed by atoms with Gasteiger partial charge in [-0.05, 0) is 39.2 Å². The summed E-state index contributed by atoms with van der Waals surface area (Å²) in [7, 11) is -1.03. The normalized spacial score (nSPS) is 30.9. The monoisotopic (exact) mass is 303 g/mol. The van der Waals surface area contributed by atoms with Gasteiger partial charge in [-0.1, -0.05) is 0 Å². The molecule has 0 spiro atoms. The number of hydrogen-bond donors (Lipinski definition) is 2. The Kier molecular flexibility index (Phi) is 4.41. The number of hydrogen-bond acceptors (Lipinski definition) is 5. The van der Waals surface area contributed by atoms with Crippen LogP contribution in [-0.4, -0.2) is 62.4 Å². The van der Waals surface area contributed by atoms with Crippen LogP contribution in [0, 0.1) is 0 Å². The molecule has 116 valence electrons. The van der Waals surface area contributed by atoms with E-state index in [4.69, 9.17) is 5.73 Å². The van der Waals surface area contributed by atoms with E-state index in [-0.39, 0.29) is 17.7 Å². The number of nitrogens with zero attached hydrogens (tertiary/aromatic N) is 1. The Morgan fingerprint density at radius 2 is 2.05 bits per heavy atom. The van der Waals surface area contributed by atoms with Gasteiger partial charge in [0.1, 0.15) is 9.84 Å². The second-order valence-electron chi connectivity index (χ2n) is 6.37. The molecule has 0 radical (unpaired) electrons. The lowest BCUT2D eigenvalue weighted by Gasteiger charge is -2.29. The molecule has 3 N–H and O–H groups in total. The smallest absolute Gasteiger partial charge is 0.237 e. The maximum atomic E-state index is 11.8. The van der Waals surface area contributed by atoms with Gasteiger partial charge in [-0.2, -0.15) is 0 Å². The number of carbonyl (C=O) groups excluding carboxylic acids is 1. The highest BCUT2D eigenvalue weighted by molar-refractivity contribution is 7.90. The Balaban J connectivity index is 1.93. The van der Waals surface area contributed by atoms with E-state index < -0.39 is 15.4 Å². The molecule has 0 heterocycles. The molecule has 2 unspecified atom stereocenters. The van der Waals surface area contributed by atoms with Crippen molar-refractivity contribution >= 4 is 15.7 Å². The van der Waals surface area contributed by atoms with Gasteiger partial charge < -0.3 is 16.0 Å². The van der Waals surface area contributed by atoms with E-state index in [0.717, 1.165) is 25.7 Å². The van der Waals surface area contributed by atoms with E-state index in [1.54, 1.807) is 0 Å². The van der Waals surface area contributed by atoms with E-state index in [9.17, 15) is 13.2 Å². The number of nitrogens with two attached hydrogens (primary N) is 1. The van der Waals surface area contributed by atoms with Crippen LogP contribution in [0.25, 0.3) is 0 Å². The van der Waals surface area contributed by atoms with Crippen molar-refractivity contribution in [1.82, 2.24) is 10.2 Å². The highest BCUT2D eigenvalue weighted by Gasteiger charge is 2.47. The van der Waals surface area contributed by atoms with E-state index in [2.05, 4.69) is 5.32 Å². The van der Waals surface area contributed by atoms with Gasteiger partial charge in [-0.3, -0.25) is 4.79 Å². The Hall–Kier alpha value is -0.660. The quantitative estimate of drug-likeness (QED) is 0.661. The van der Waals surface area contributed by atoms with Crippen LogP contribution in [-0.2, 0) is 14.6 Å². The second kappa shape index (κ2) is 5.61. The Labute approximate surface area is 121 Å². The van der Waals surface area contributed by atoms with Crippen LogP contribution in [0.5, 0.6) is 0 Å². The highest BCUT2D eigenvalue weighted by Crippen LogP contribution is 2.35. The summed E-state index contributed by atoms with van der Waals surface area (Å²) in [6.45, 7) is 0.502. The molecule has 1 amide bonds. The highest BCUT2D eigenvalue weighted by atomic mass is 32.2. The summed E-state index contributed by atoms with van der Waals surface area (Å²) >= 11 is 0. The van der Waals surface area contributed by atoms with Crippen molar-refractivity contribution in [3.05, 3.63) is 0 Å².